The third-order valence-electron chi connectivity index (χ3n) is 2.17. The molecule has 1 atom stereocenters. The molecule has 0 heterocycles. The van der Waals surface area contributed by atoms with Crippen molar-refractivity contribution in [3.05, 3.63) is 48.1 Å². The van der Waals surface area contributed by atoms with Crippen molar-refractivity contribution >= 4 is 0 Å². The van der Waals surface area contributed by atoms with Crippen LogP contribution in [0.25, 0.3) is 0 Å². The molecule has 0 spiro atoms. The molecule has 72 valence electrons. The molecular weight excluding hydrogens is 182 g/mol. The molecule has 0 saturated carbocycles. The highest BCUT2D eigenvalue weighted by molar-refractivity contribution is 5.38. The van der Waals surface area contributed by atoms with E-state index < -0.39 is 17.0 Å². The van der Waals surface area contributed by atoms with Crippen LogP contribution >= 0.6 is 0 Å². The Kier molecular flexibility index (Phi) is 2.71. The van der Waals surface area contributed by atoms with Crippen molar-refractivity contribution in [3.8, 4) is 12.3 Å². The first kappa shape index (κ1) is 10.5. The zero-order valence-corrected chi connectivity index (χ0v) is 7.85. The third kappa shape index (κ3) is 1.82. The highest BCUT2D eigenvalue weighted by Gasteiger charge is 2.20. The summed E-state index contributed by atoms with van der Waals surface area (Å²) < 4.78 is 25.8. The molecule has 1 unspecified atom stereocenters. The Hall–Kier alpha value is -1.62. The van der Waals surface area contributed by atoms with Crippen molar-refractivity contribution in [3.63, 3.8) is 0 Å². The molecule has 1 aromatic rings. The van der Waals surface area contributed by atoms with Gasteiger partial charge in [-0.3, -0.25) is 0 Å². The third-order valence-corrected chi connectivity index (χ3v) is 2.17. The van der Waals surface area contributed by atoms with Crippen molar-refractivity contribution in [2.75, 3.05) is 0 Å². The van der Waals surface area contributed by atoms with E-state index in [1.165, 1.54) is 18.2 Å². The van der Waals surface area contributed by atoms with Gasteiger partial charge in [0.25, 0.3) is 0 Å². The van der Waals surface area contributed by atoms with Gasteiger partial charge >= 0.3 is 0 Å². The van der Waals surface area contributed by atoms with Crippen molar-refractivity contribution in [2.45, 2.75) is 12.3 Å². The van der Waals surface area contributed by atoms with Gasteiger partial charge in [0.1, 0.15) is 11.6 Å². The average molecular weight is 192 g/mol. The van der Waals surface area contributed by atoms with Crippen LogP contribution in [-0.4, -0.2) is 0 Å². The van der Waals surface area contributed by atoms with E-state index in [1.807, 2.05) is 0 Å². The molecule has 0 aliphatic heterocycles. The zero-order valence-electron chi connectivity index (χ0n) is 7.85. The van der Waals surface area contributed by atoms with E-state index in [2.05, 4.69) is 12.5 Å². The Morgan fingerprint density at radius 1 is 1.36 bits per heavy atom. The zero-order chi connectivity index (χ0) is 10.8. The number of terminal acetylenes is 1. The van der Waals surface area contributed by atoms with Crippen LogP contribution in [0.4, 0.5) is 8.78 Å². The number of benzene rings is 1. The molecule has 0 N–H and O–H groups in total. The fraction of sp³-hybridized carbons (Fsp3) is 0.167. The maximum Gasteiger partial charge on any atom is 0.126 e. The van der Waals surface area contributed by atoms with Crippen molar-refractivity contribution in [1.29, 1.82) is 0 Å². The SMILES string of the molecule is C#CC(C)(C=C)c1cc(F)cc(F)c1. The molecule has 14 heavy (non-hydrogen) atoms. The van der Waals surface area contributed by atoms with Crippen LogP contribution in [0.3, 0.4) is 0 Å². The fourth-order valence-electron chi connectivity index (χ4n) is 1.11. The maximum absolute atomic E-state index is 12.9. The van der Waals surface area contributed by atoms with Gasteiger partial charge in [-0.15, -0.1) is 13.0 Å². The summed E-state index contributed by atoms with van der Waals surface area (Å²) in [6, 6.07) is 3.23. The molecule has 0 fully saturated rings. The van der Waals surface area contributed by atoms with Crippen molar-refractivity contribution in [2.24, 2.45) is 0 Å². The highest BCUT2D eigenvalue weighted by atomic mass is 19.1. The Balaban J connectivity index is 3.32. The largest absolute Gasteiger partial charge is 0.207 e. The molecule has 1 rings (SSSR count). The van der Waals surface area contributed by atoms with E-state index >= 15 is 0 Å². The monoisotopic (exact) mass is 192 g/mol. The summed E-state index contributed by atoms with van der Waals surface area (Å²) in [5.74, 6) is 1.18. The lowest BCUT2D eigenvalue weighted by Gasteiger charge is -2.19. The maximum atomic E-state index is 12.9. The summed E-state index contributed by atoms with van der Waals surface area (Å²) >= 11 is 0. The van der Waals surface area contributed by atoms with Crippen molar-refractivity contribution < 1.29 is 8.78 Å². The quantitative estimate of drug-likeness (QED) is 0.499. The average Bonchev–Trinajstić information content (AvgIpc) is 2.15. The molecule has 0 radical (unpaired) electrons. The first-order chi connectivity index (χ1) is 6.51. The van der Waals surface area contributed by atoms with Gasteiger partial charge in [-0.2, -0.15) is 0 Å². The summed E-state index contributed by atoms with van der Waals surface area (Å²) in [6.07, 6.45) is 6.77. The van der Waals surface area contributed by atoms with E-state index in [0.717, 1.165) is 6.07 Å². The smallest absolute Gasteiger partial charge is 0.126 e. The van der Waals surface area contributed by atoms with Crippen LogP contribution < -0.4 is 0 Å². The molecule has 0 aliphatic carbocycles. The lowest BCUT2D eigenvalue weighted by molar-refractivity contribution is 0.574. The predicted octanol–water partition coefficient (Wildman–Crippen LogP) is 3.04. The minimum atomic E-state index is -0.830. The van der Waals surface area contributed by atoms with E-state index in [-0.39, 0.29) is 0 Å². The van der Waals surface area contributed by atoms with Crippen LogP contribution in [0.15, 0.2) is 30.9 Å². The predicted molar refractivity (Wildman–Crippen MR) is 52.7 cm³/mol. The van der Waals surface area contributed by atoms with Gasteiger partial charge in [-0.05, 0) is 24.6 Å². The molecule has 0 nitrogen and oxygen atoms in total. The Bertz CT molecular complexity index is 381. The van der Waals surface area contributed by atoms with Gasteiger partial charge in [-0.25, -0.2) is 8.78 Å². The number of allylic oxidation sites excluding steroid dienone is 1. The molecule has 0 bridgehead atoms. The lowest BCUT2D eigenvalue weighted by Crippen LogP contribution is -2.16. The lowest BCUT2D eigenvalue weighted by atomic mass is 9.83. The summed E-state index contributed by atoms with van der Waals surface area (Å²) in [4.78, 5) is 0. The van der Waals surface area contributed by atoms with Crippen LogP contribution in [0.5, 0.6) is 0 Å². The van der Waals surface area contributed by atoms with Gasteiger partial charge in [0.2, 0.25) is 0 Å². The van der Waals surface area contributed by atoms with Gasteiger partial charge in [0.05, 0.1) is 5.41 Å². The Labute approximate surface area is 82.3 Å². The first-order valence-electron chi connectivity index (χ1n) is 4.10. The normalized spacial score (nSPS) is 14.1. The van der Waals surface area contributed by atoms with Gasteiger partial charge in [0, 0.05) is 6.07 Å². The highest BCUT2D eigenvalue weighted by Crippen LogP contribution is 2.25. The summed E-state index contributed by atoms with van der Waals surface area (Å²) in [7, 11) is 0. The molecule has 0 aliphatic rings. The first-order valence-corrected chi connectivity index (χ1v) is 4.10. The second kappa shape index (κ2) is 3.63. The van der Waals surface area contributed by atoms with Crippen molar-refractivity contribution in [1.82, 2.24) is 0 Å². The van der Waals surface area contributed by atoms with E-state index in [1.54, 1.807) is 6.92 Å². The van der Waals surface area contributed by atoms with Crippen LogP contribution in [0.2, 0.25) is 0 Å². The number of rotatable bonds is 2. The van der Waals surface area contributed by atoms with Gasteiger partial charge in [-0.1, -0.05) is 12.0 Å². The Morgan fingerprint density at radius 2 is 1.86 bits per heavy atom. The van der Waals surface area contributed by atoms with Crippen LogP contribution in [0, 0.1) is 24.0 Å². The standard InChI is InChI=1S/C12H10F2/c1-4-12(3,5-2)9-6-10(13)8-11(14)7-9/h1,5-8H,2H2,3H3. The molecule has 1 aromatic carbocycles. The van der Waals surface area contributed by atoms with Gasteiger partial charge < -0.3 is 0 Å². The number of hydrogen-bond acceptors (Lipinski definition) is 0. The van der Waals surface area contributed by atoms with Gasteiger partial charge in [0.15, 0.2) is 0 Å². The van der Waals surface area contributed by atoms with E-state index in [9.17, 15) is 8.78 Å². The van der Waals surface area contributed by atoms with Crippen LogP contribution in [-0.2, 0) is 5.41 Å². The van der Waals surface area contributed by atoms with E-state index in [0.29, 0.717) is 5.56 Å². The number of halogens is 2. The second-order valence-corrected chi connectivity index (χ2v) is 3.21. The molecule has 2 heteroatoms. The second-order valence-electron chi connectivity index (χ2n) is 3.21. The molecule has 0 saturated heterocycles. The number of hydrogen-bond donors (Lipinski definition) is 0. The fourth-order valence-corrected chi connectivity index (χ4v) is 1.11. The minimum Gasteiger partial charge on any atom is -0.207 e. The molecule has 0 amide bonds. The molecular formula is C12H10F2. The van der Waals surface area contributed by atoms with Crippen LogP contribution in [0.1, 0.15) is 12.5 Å². The summed E-state index contributed by atoms with van der Waals surface area (Å²) in [5, 5.41) is 0. The Morgan fingerprint density at radius 3 is 2.21 bits per heavy atom. The van der Waals surface area contributed by atoms with E-state index in [4.69, 9.17) is 6.42 Å². The minimum absolute atomic E-state index is 0.396. The summed E-state index contributed by atoms with van der Waals surface area (Å²) in [6.45, 7) is 5.23. The molecule has 0 aromatic heterocycles. The summed E-state index contributed by atoms with van der Waals surface area (Å²) in [5.41, 5.74) is -0.435. The topological polar surface area (TPSA) is 0 Å².